The maximum Gasteiger partial charge on any atom is 0.267 e. The van der Waals surface area contributed by atoms with Crippen LogP contribution >= 0.6 is 0 Å². The fraction of sp³-hybridized carbons (Fsp3) is 0. The van der Waals surface area contributed by atoms with E-state index in [1.54, 1.807) is 0 Å². The molecule has 0 spiro atoms. The molecule has 0 bridgehead atoms. The number of carbonyl (C=O) groups is 1. The van der Waals surface area contributed by atoms with Crippen LogP contribution in [0.2, 0.25) is 0 Å². The van der Waals surface area contributed by atoms with Gasteiger partial charge in [0.1, 0.15) is 17.5 Å². The van der Waals surface area contributed by atoms with Crippen LogP contribution in [0.25, 0.3) is 0 Å². The first-order valence-electron chi connectivity index (χ1n) is 8.50. The molecule has 0 aliphatic carbocycles. The fourth-order valence-corrected chi connectivity index (χ4v) is 2.37. The fourth-order valence-electron chi connectivity index (χ4n) is 2.37. The minimum Gasteiger partial charge on any atom is -0.360 e. The van der Waals surface area contributed by atoms with E-state index in [-0.39, 0.29) is 5.57 Å². The lowest BCUT2D eigenvalue weighted by Gasteiger charge is -2.08. The van der Waals surface area contributed by atoms with Gasteiger partial charge in [-0.25, -0.2) is 4.39 Å². The van der Waals surface area contributed by atoms with Crippen molar-refractivity contribution in [3.63, 3.8) is 0 Å². The summed E-state index contributed by atoms with van der Waals surface area (Å²) >= 11 is 0. The number of para-hydroxylation sites is 1. The van der Waals surface area contributed by atoms with Gasteiger partial charge in [-0.1, -0.05) is 18.2 Å². The summed E-state index contributed by atoms with van der Waals surface area (Å²) in [6, 6.07) is 24.4. The van der Waals surface area contributed by atoms with Crippen molar-refractivity contribution in [1.29, 1.82) is 5.26 Å². The monoisotopic (exact) mass is 372 g/mol. The van der Waals surface area contributed by atoms with Gasteiger partial charge in [0.2, 0.25) is 0 Å². The number of nitriles is 1. The van der Waals surface area contributed by atoms with Crippen molar-refractivity contribution in [2.75, 3.05) is 16.0 Å². The van der Waals surface area contributed by atoms with Gasteiger partial charge in [0, 0.05) is 28.9 Å². The minimum atomic E-state index is -0.580. The molecule has 0 radical (unpaired) electrons. The maximum atomic E-state index is 12.9. The highest BCUT2D eigenvalue weighted by atomic mass is 19.1. The number of carbonyl (C=O) groups excluding carboxylic acids is 1. The molecular weight excluding hydrogens is 355 g/mol. The summed E-state index contributed by atoms with van der Waals surface area (Å²) in [5.41, 5.74) is 2.92. The van der Waals surface area contributed by atoms with Gasteiger partial charge in [-0.3, -0.25) is 4.79 Å². The molecule has 28 heavy (non-hydrogen) atoms. The van der Waals surface area contributed by atoms with Gasteiger partial charge in [-0.2, -0.15) is 5.26 Å². The van der Waals surface area contributed by atoms with Crippen LogP contribution < -0.4 is 16.0 Å². The highest BCUT2D eigenvalue weighted by Gasteiger charge is 2.09. The van der Waals surface area contributed by atoms with E-state index in [0.717, 1.165) is 17.1 Å². The molecule has 3 aromatic rings. The van der Waals surface area contributed by atoms with Gasteiger partial charge in [0.15, 0.2) is 0 Å². The Hall–Kier alpha value is -4.11. The Bertz CT molecular complexity index is 1010. The van der Waals surface area contributed by atoms with Crippen LogP contribution in [-0.4, -0.2) is 5.91 Å². The predicted molar refractivity (Wildman–Crippen MR) is 109 cm³/mol. The summed E-state index contributed by atoms with van der Waals surface area (Å²) < 4.78 is 12.9. The van der Waals surface area contributed by atoms with Gasteiger partial charge < -0.3 is 16.0 Å². The quantitative estimate of drug-likeness (QED) is 0.419. The highest BCUT2D eigenvalue weighted by Crippen LogP contribution is 2.19. The number of nitrogens with one attached hydrogen (secondary N) is 3. The van der Waals surface area contributed by atoms with Crippen LogP contribution in [0.1, 0.15) is 0 Å². The largest absolute Gasteiger partial charge is 0.360 e. The van der Waals surface area contributed by atoms with Crippen LogP contribution in [0, 0.1) is 17.1 Å². The molecular formula is C22H17FN4O. The molecule has 0 atom stereocenters. The Morgan fingerprint density at radius 1 is 0.821 bits per heavy atom. The molecule has 3 N–H and O–H groups in total. The molecule has 0 saturated carbocycles. The van der Waals surface area contributed by atoms with Crippen LogP contribution in [0.5, 0.6) is 0 Å². The van der Waals surface area contributed by atoms with Crippen molar-refractivity contribution in [3.05, 3.63) is 96.5 Å². The number of benzene rings is 3. The van der Waals surface area contributed by atoms with E-state index in [1.165, 1.54) is 30.5 Å². The lowest BCUT2D eigenvalue weighted by Crippen LogP contribution is -2.14. The molecule has 6 heteroatoms. The Balaban J connectivity index is 1.61. The first-order valence-corrected chi connectivity index (χ1v) is 8.50. The molecule has 0 saturated heterocycles. The Morgan fingerprint density at radius 2 is 1.39 bits per heavy atom. The number of hydrogen-bond donors (Lipinski definition) is 3. The minimum absolute atomic E-state index is 0.101. The van der Waals surface area contributed by atoms with Crippen molar-refractivity contribution in [2.24, 2.45) is 0 Å². The molecule has 138 valence electrons. The molecule has 3 aromatic carbocycles. The molecule has 0 heterocycles. The van der Waals surface area contributed by atoms with Gasteiger partial charge in [-0.15, -0.1) is 0 Å². The lowest BCUT2D eigenvalue weighted by atomic mass is 10.2. The molecule has 0 unspecified atom stereocenters. The zero-order valence-electron chi connectivity index (χ0n) is 14.8. The summed E-state index contributed by atoms with van der Waals surface area (Å²) in [4.78, 5) is 12.2. The van der Waals surface area contributed by atoms with E-state index in [9.17, 15) is 14.4 Å². The summed E-state index contributed by atoms with van der Waals surface area (Å²) in [7, 11) is 0. The van der Waals surface area contributed by atoms with Gasteiger partial charge >= 0.3 is 0 Å². The number of halogens is 1. The lowest BCUT2D eigenvalue weighted by molar-refractivity contribution is -0.112. The van der Waals surface area contributed by atoms with E-state index in [1.807, 2.05) is 60.7 Å². The molecule has 0 aliphatic rings. The maximum absolute atomic E-state index is 12.9. The normalized spacial score (nSPS) is 10.6. The molecule has 5 nitrogen and oxygen atoms in total. The average Bonchev–Trinajstić information content (AvgIpc) is 2.72. The Morgan fingerprint density at radius 3 is 2.04 bits per heavy atom. The van der Waals surface area contributed by atoms with E-state index < -0.39 is 11.7 Å². The first kappa shape index (κ1) is 18.7. The smallest absolute Gasteiger partial charge is 0.267 e. The summed E-state index contributed by atoms with van der Waals surface area (Å²) in [5.74, 6) is -0.982. The molecule has 0 aromatic heterocycles. The summed E-state index contributed by atoms with van der Waals surface area (Å²) in [6.45, 7) is 0. The molecule has 3 rings (SSSR count). The third-order valence-electron chi connectivity index (χ3n) is 3.80. The highest BCUT2D eigenvalue weighted by molar-refractivity contribution is 6.06. The zero-order chi connectivity index (χ0) is 19.8. The molecule has 0 fully saturated rings. The standard InChI is InChI=1S/C22H17FN4O/c23-17-6-8-21(9-7-17)27-22(28)16(14-24)15-25-18-10-12-20(13-11-18)26-19-4-2-1-3-5-19/h1-13,15,25-26H,(H,27,28)/b16-15-. The molecule has 0 aliphatic heterocycles. The van der Waals surface area contributed by atoms with Crippen molar-refractivity contribution in [2.45, 2.75) is 0 Å². The SMILES string of the molecule is N#C/C(=C/Nc1ccc(Nc2ccccc2)cc1)C(=O)Nc1ccc(F)cc1. The van der Waals surface area contributed by atoms with Crippen molar-refractivity contribution >= 4 is 28.7 Å². The van der Waals surface area contributed by atoms with E-state index >= 15 is 0 Å². The Kier molecular flexibility index (Phi) is 6.01. The Labute approximate surface area is 162 Å². The average molecular weight is 372 g/mol. The summed E-state index contributed by atoms with van der Waals surface area (Å²) in [6.07, 6.45) is 1.33. The third kappa shape index (κ3) is 5.19. The van der Waals surface area contributed by atoms with Crippen LogP contribution in [-0.2, 0) is 4.79 Å². The second-order valence-electron chi connectivity index (χ2n) is 5.84. The number of anilines is 4. The topological polar surface area (TPSA) is 77.0 Å². The number of rotatable bonds is 6. The zero-order valence-corrected chi connectivity index (χ0v) is 14.8. The van der Waals surface area contributed by atoms with Crippen molar-refractivity contribution in [1.82, 2.24) is 0 Å². The number of amides is 1. The molecule has 1 amide bonds. The number of nitrogens with zero attached hydrogens (tertiary/aromatic N) is 1. The van der Waals surface area contributed by atoms with Gasteiger partial charge in [0.25, 0.3) is 5.91 Å². The van der Waals surface area contributed by atoms with Crippen molar-refractivity contribution in [3.8, 4) is 6.07 Å². The van der Waals surface area contributed by atoms with Crippen molar-refractivity contribution < 1.29 is 9.18 Å². The number of hydrogen-bond acceptors (Lipinski definition) is 4. The van der Waals surface area contributed by atoms with Crippen LogP contribution in [0.3, 0.4) is 0 Å². The van der Waals surface area contributed by atoms with E-state index in [0.29, 0.717) is 5.69 Å². The second-order valence-corrected chi connectivity index (χ2v) is 5.84. The van der Waals surface area contributed by atoms with Gasteiger partial charge in [0.05, 0.1) is 0 Å². The summed E-state index contributed by atoms with van der Waals surface area (Å²) in [5, 5.41) is 18.0. The van der Waals surface area contributed by atoms with E-state index in [2.05, 4.69) is 16.0 Å². The third-order valence-corrected chi connectivity index (χ3v) is 3.80. The van der Waals surface area contributed by atoms with Gasteiger partial charge in [-0.05, 0) is 60.7 Å². The first-order chi connectivity index (χ1) is 13.6. The van der Waals surface area contributed by atoms with Crippen LogP contribution in [0.4, 0.5) is 27.1 Å². The van der Waals surface area contributed by atoms with Crippen LogP contribution in [0.15, 0.2) is 90.6 Å². The van der Waals surface area contributed by atoms with E-state index in [4.69, 9.17) is 0 Å². The second kappa shape index (κ2) is 9.01. The predicted octanol–water partition coefficient (Wildman–Crippen LogP) is 5.03.